The Hall–Kier alpha value is -1.71. The van der Waals surface area contributed by atoms with E-state index in [-0.39, 0.29) is 0 Å². The average Bonchev–Trinajstić information content (AvgIpc) is 2.37. The summed E-state index contributed by atoms with van der Waals surface area (Å²) >= 11 is 5.89. The van der Waals surface area contributed by atoms with E-state index in [1.165, 1.54) is 0 Å². The van der Waals surface area contributed by atoms with Crippen molar-refractivity contribution in [1.29, 1.82) is 0 Å². The fourth-order valence-electron chi connectivity index (χ4n) is 1.47. The molecule has 0 spiro atoms. The van der Waals surface area contributed by atoms with Crippen molar-refractivity contribution in [1.82, 2.24) is 0 Å². The summed E-state index contributed by atoms with van der Waals surface area (Å²) in [5.41, 5.74) is 4.42. The molecular weight excluding hydrogens is 236 g/mol. The highest BCUT2D eigenvalue weighted by atomic mass is 35.5. The Morgan fingerprint density at radius 3 is 2.71 bits per heavy atom. The van der Waals surface area contributed by atoms with Crippen molar-refractivity contribution in [3.63, 3.8) is 0 Å². The SMILES string of the molecule is NNc1cccc(OCc2cccc(Cl)c2)c1. The first-order valence-electron chi connectivity index (χ1n) is 5.22. The molecule has 0 heterocycles. The van der Waals surface area contributed by atoms with Gasteiger partial charge in [0, 0.05) is 11.1 Å². The molecular formula is C13H13ClN2O. The molecule has 0 unspecified atom stereocenters. The largest absolute Gasteiger partial charge is 0.489 e. The predicted octanol–water partition coefficient (Wildman–Crippen LogP) is 3.20. The van der Waals surface area contributed by atoms with Gasteiger partial charge in [-0.25, -0.2) is 0 Å². The Morgan fingerprint density at radius 1 is 1.12 bits per heavy atom. The number of anilines is 1. The molecule has 0 saturated carbocycles. The van der Waals surface area contributed by atoms with E-state index in [0.717, 1.165) is 17.0 Å². The lowest BCUT2D eigenvalue weighted by molar-refractivity contribution is 0.306. The highest BCUT2D eigenvalue weighted by Gasteiger charge is 1.98. The van der Waals surface area contributed by atoms with E-state index < -0.39 is 0 Å². The van der Waals surface area contributed by atoms with Crippen molar-refractivity contribution >= 4 is 17.3 Å². The van der Waals surface area contributed by atoms with Gasteiger partial charge in [0.2, 0.25) is 0 Å². The minimum atomic E-state index is 0.481. The fraction of sp³-hybridized carbons (Fsp3) is 0.0769. The lowest BCUT2D eigenvalue weighted by Crippen LogP contribution is -2.06. The first kappa shape index (κ1) is 11.8. The van der Waals surface area contributed by atoms with Crippen LogP contribution in [0.4, 0.5) is 5.69 Å². The third-order valence-electron chi connectivity index (χ3n) is 2.30. The first-order chi connectivity index (χ1) is 8.28. The van der Waals surface area contributed by atoms with Crippen molar-refractivity contribution in [2.75, 3.05) is 5.43 Å². The highest BCUT2D eigenvalue weighted by molar-refractivity contribution is 6.30. The second-order valence-electron chi connectivity index (χ2n) is 3.59. The zero-order valence-corrected chi connectivity index (χ0v) is 9.95. The molecule has 0 aliphatic heterocycles. The molecule has 0 saturated heterocycles. The lowest BCUT2D eigenvalue weighted by atomic mass is 10.2. The fourth-order valence-corrected chi connectivity index (χ4v) is 1.68. The molecule has 0 bridgehead atoms. The van der Waals surface area contributed by atoms with Crippen LogP contribution in [0.5, 0.6) is 5.75 Å². The predicted molar refractivity (Wildman–Crippen MR) is 70.0 cm³/mol. The third-order valence-corrected chi connectivity index (χ3v) is 2.53. The molecule has 4 heteroatoms. The number of nitrogens with one attached hydrogen (secondary N) is 1. The topological polar surface area (TPSA) is 47.3 Å². The number of rotatable bonds is 4. The van der Waals surface area contributed by atoms with Crippen molar-refractivity contribution in [2.45, 2.75) is 6.61 Å². The van der Waals surface area contributed by atoms with E-state index in [4.69, 9.17) is 22.2 Å². The van der Waals surface area contributed by atoms with Crippen LogP contribution in [0.2, 0.25) is 5.02 Å². The molecule has 0 radical (unpaired) electrons. The summed E-state index contributed by atoms with van der Waals surface area (Å²) in [6, 6.07) is 15.1. The van der Waals surface area contributed by atoms with Crippen LogP contribution < -0.4 is 16.0 Å². The summed E-state index contributed by atoms with van der Waals surface area (Å²) in [4.78, 5) is 0. The van der Waals surface area contributed by atoms with Gasteiger partial charge in [0.25, 0.3) is 0 Å². The normalized spacial score (nSPS) is 10.0. The van der Waals surface area contributed by atoms with E-state index in [2.05, 4.69) is 5.43 Å². The molecule has 0 amide bonds. The van der Waals surface area contributed by atoms with Gasteiger partial charge in [0.05, 0.1) is 5.69 Å². The second kappa shape index (κ2) is 5.57. The zero-order valence-electron chi connectivity index (χ0n) is 9.19. The van der Waals surface area contributed by atoms with Gasteiger partial charge in [-0.3, -0.25) is 5.84 Å². The number of nitrogens with two attached hydrogens (primary N) is 1. The van der Waals surface area contributed by atoms with Crippen LogP contribution in [-0.4, -0.2) is 0 Å². The van der Waals surface area contributed by atoms with Gasteiger partial charge in [-0.15, -0.1) is 0 Å². The van der Waals surface area contributed by atoms with Crippen LogP contribution in [0, 0.1) is 0 Å². The van der Waals surface area contributed by atoms with Gasteiger partial charge in [-0.05, 0) is 29.8 Å². The van der Waals surface area contributed by atoms with Crippen LogP contribution in [0.15, 0.2) is 48.5 Å². The van der Waals surface area contributed by atoms with Gasteiger partial charge < -0.3 is 10.2 Å². The highest BCUT2D eigenvalue weighted by Crippen LogP contribution is 2.18. The van der Waals surface area contributed by atoms with E-state index >= 15 is 0 Å². The number of hydrazine groups is 1. The molecule has 0 aliphatic carbocycles. The van der Waals surface area contributed by atoms with Crippen molar-refractivity contribution < 1.29 is 4.74 Å². The minimum Gasteiger partial charge on any atom is -0.489 e. The molecule has 0 aromatic heterocycles. The number of benzene rings is 2. The van der Waals surface area contributed by atoms with Crippen LogP contribution in [0.25, 0.3) is 0 Å². The maximum absolute atomic E-state index is 5.89. The summed E-state index contributed by atoms with van der Waals surface area (Å²) in [5, 5.41) is 0.712. The van der Waals surface area contributed by atoms with E-state index in [1.54, 1.807) is 0 Å². The molecule has 17 heavy (non-hydrogen) atoms. The third kappa shape index (κ3) is 3.37. The summed E-state index contributed by atoms with van der Waals surface area (Å²) in [5.74, 6) is 6.09. The average molecular weight is 249 g/mol. The summed E-state index contributed by atoms with van der Waals surface area (Å²) in [6.07, 6.45) is 0. The van der Waals surface area contributed by atoms with E-state index in [1.807, 2.05) is 48.5 Å². The van der Waals surface area contributed by atoms with Crippen molar-refractivity contribution in [3.05, 3.63) is 59.1 Å². The number of halogens is 1. The Bertz CT molecular complexity index is 502. The quantitative estimate of drug-likeness (QED) is 0.645. The number of ether oxygens (including phenoxy) is 1. The van der Waals surface area contributed by atoms with Crippen LogP contribution >= 0.6 is 11.6 Å². The van der Waals surface area contributed by atoms with Crippen molar-refractivity contribution in [3.8, 4) is 5.75 Å². The molecule has 2 rings (SSSR count). The van der Waals surface area contributed by atoms with E-state index in [9.17, 15) is 0 Å². The van der Waals surface area contributed by atoms with E-state index in [0.29, 0.717) is 11.6 Å². The molecule has 3 nitrogen and oxygen atoms in total. The molecule has 0 atom stereocenters. The summed E-state index contributed by atoms with van der Waals surface area (Å²) in [7, 11) is 0. The number of hydrogen-bond acceptors (Lipinski definition) is 3. The van der Waals surface area contributed by atoms with Gasteiger partial charge in [0.1, 0.15) is 12.4 Å². The number of hydrogen-bond donors (Lipinski definition) is 2. The molecule has 3 N–H and O–H groups in total. The Kier molecular flexibility index (Phi) is 3.85. The van der Waals surface area contributed by atoms with Crippen molar-refractivity contribution in [2.24, 2.45) is 5.84 Å². The van der Waals surface area contributed by atoms with Crippen LogP contribution in [-0.2, 0) is 6.61 Å². The second-order valence-corrected chi connectivity index (χ2v) is 4.03. The van der Waals surface area contributed by atoms with Gasteiger partial charge in [-0.2, -0.15) is 0 Å². The van der Waals surface area contributed by atoms with Crippen LogP contribution in [0.1, 0.15) is 5.56 Å². The maximum Gasteiger partial charge on any atom is 0.121 e. The standard InChI is InChI=1S/C13H13ClN2O/c14-11-4-1-3-10(7-11)9-17-13-6-2-5-12(8-13)16-15/h1-8,16H,9,15H2. The molecule has 2 aromatic rings. The van der Waals surface area contributed by atoms with Gasteiger partial charge in [-0.1, -0.05) is 29.8 Å². The monoisotopic (exact) mass is 248 g/mol. The molecule has 2 aromatic carbocycles. The molecule has 88 valence electrons. The molecule has 0 aliphatic rings. The van der Waals surface area contributed by atoms with Gasteiger partial charge >= 0.3 is 0 Å². The maximum atomic E-state index is 5.89. The molecule has 0 fully saturated rings. The summed E-state index contributed by atoms with van der Waals surface area (Å²) < 4.78 is 5.64. The minimum absolute atomic E-state index is 0.481. The number of nitrogen functional groups attached to an aromatic ring is 1. The lowest BCUT2D eigenvalue weighted by Gasteiger charge is -2.08. The zero-order chi connectivity index (χ0) is 12.1. The smallest absolute Gasteiger partial charge is 0.121 e. The first-order valence-corrected chi connectivity index (χ1v) is 5.59. The Morgan fingerprint density at radius 2 is 1.94 bits per heavy atom. The van der Waals surface area contributed by atoms with Crippen LogP contribution in [0.3, 0.4) is 0 Å². The Labute approximate surface area is 105 Å². The summed E-state index contributed by atoms with van der Waals surface area (Å²) in [6.45, 7) is 0.481. The Balaban J connectivity index is 2.02. The van der Waals surface area contributed by atoms with Gasteiger partial charge in [0.15, 0.2) is 0 Å².